The third-order valence-corrected chi connectivity index (χ3v) is 5.11. The van der Waals surface area contributed by atoms with Crippen LogP contribution in [0.5, 0.6) is 5.75 Å². The zero-order chi connectivity index (χ0) is 14.0. The van der Waals surface area contributed by atoms with Gasteiger partial charge in [-0.1, -0.05) is 19.9 Å². The van der Waals surface area contributed by atoms with Crippen molar-refractivity contribution in [2.45, 2.75) is 45.1 Å². The van der Waals surface area contributed by atoms with E-state index >= 15 is 0 Å². The van der Waals surface area contributed by atoms with Crippen LogP contribution >= 0.6 is 0 Å². The number of halogens is 1. The Morgan fingerprint density at radius 2 is 2.05 bits per heavy atom. The molecule has 1 aliphatic rings. The van der Waals surface area contributed by atoms with Crippen LogP contribution in [0.2, 0.25) is 0 Å². The van der Waals surface area contributed by atoms with Gasteiger partial charge >= 0.3 is 0 Å². The van der Waals surface area contributed by atoms with Crippen molar-refractivity contribution in [1.82, 2.24) is 5.32 Å². The Labute approximate surface area is 115 Å². The molecule has 0 amide bonds. The van der Waals surface area contributed by atoms with Gasteiger partial charge < -0.3 is 10.1 Å². The summed E-state index contributed by atoms with van der Waals surface area (Å²) in [6.45, 7) is 4.40. The molecule has 1 aromatic rings. The Morgan fingerprint density at radius 1 is 1.37 bits per heavy atom. The average molecular weight is 265 g/mol. The molecule has 0 spiro atoms. The fraction of sp³-hybridized carbons (Fsp3) is 0.625. The Hall–Kier alpha value is -1.09. The van der Waals surface area contributed by atoms with E-state index in [0.29, 0.717) is 11.8 Å². The van der Waals surface area contributed by atoms with E-state index in [1.165, 1.54) is 0 Å². The molecule has 2 nitrogen and oxygen atoms in total. The van der Waals surface area contributed by atoms with E-state index in [2.05, 4.69) is 19.2 Å². The lowest BCUT2D eigenvalue weighted by Crippen LogP contribution is -2.57. The zero-order valence-corrected chi connectivity index (χ0v) is 12.3. The summed E-state index contributed by atoms with van der Waals surface area (Å²) in [7, 11) is 3.62. The van der Waals surface area contributed by atoms with Gasteiger partial charge in [-0.2, -0.15) is 0 Å². The highest BCUT2D eigenvalue weighted by molar-refractivity contribution is 5.41. The minimum absolute atomic E-state index is 0.134. The van der Waals surface area contributed by atoms with Gasteiger partial charge in [0, 0.05) is 11.6 Å². The molecule has 19 heavy (non-hydrogen) atoms. The van der Waals surface area contributed by atoms with Crippen LogP contribution in [0.4, 0.5) is 4.39 Å². The number of ether oxygens (including phenoxy) is 1. The van der Waals surface area contributed by atoms with Gasteiger partial charge in [-0.3, -0.25) is 0 Å². The van der Waals surface area contributed by atoms with Gasteiger partial charge in [-0.15, -0.1) is 0 Å². The second-order valence-electron chi connectivity index (χ2n) is 5.43. The summed E-state index contributed by atoms with van der Waals surface area (Å²) >= 11 is 0. The van der Waals surface area contributed by atoms with E-state index in [0.717, 1.165) is 24.8 Å². The molecule has 0 saturated heterocycles. The molecule has 106 valence electrons. The van der Waals surface area contributed by atoms with Crippen LogP contribution in [0, 0.1) is 11.2 Å². The molecule has 0 aromatic heterocycles. The Bertz CT molecular complexity index is 442. The molecule has 1 saturated carbocycles. The van der Waals surface area contributed by atoms with Gasteiger partial charge in [0.25, 0.3) is 0 Å². The molecule has 3 heteroatoms. The fourth-order valence-electron chi connectivity index (χ4n) is 3.87. The quantitative estimate of drug-likeness (QED) is 0.876. The SMILES string of the molecule is CCC1(CC)C(NC)CC1c1c(F)cccc1OC. The van der Waals surface area contributed by atoms with Crippen LogP contribution in [-0.4, -0.2) is 20.2 Å². The lowest BCUT2D eigenvalue weighted by Gasteiger charge is -2.56. The minimum Gasteiger partial charge on any atom is -0.496 e. The number of nitrogens with one attached hydrogen (secondary N) is 1. The summed E-state index contributed by atoms with van der Waals surface area (Å²) in [6.07, 6.45) is 3.09. The van der Waals surface area contributed by atoms with Crippen LogP contribution in [-0.2, 0) is 0 Å². The third-order valence-electron chi connectivity index (χ3n) is 5.11. The van der Waals surface area contributed by atoms with Crippen molar-refractivity contribution in [2.75, 3.05) is 14.2 Å². The minimum atomic E-state index is -0.134. The molecule has 1 aromatic carbocycles. The van der Waals surface area contributed by atoms with E-state index in [1.807, 2.05) is 13.1 Å². The van der Waals surface area contributed by atoms with Gasteiger partial charge in [0.1, 0.15) is 11.6 Å². The van der Waals surface area contributed by atoms with E-state index in [1.54, 1.807) is 19.2 Å². The van der Waals surface area contributed by atoms with Crippen LogP contribution in [0.1, 0.15) is 44.6 Å². The predicted molar refractivity (Wildman–Crippen MR) is 76.2 cm³/mol. The number of rotatable bonds is 5. The Kier molecular flexibility index (Phi) is 4.14. The molecule has 2 unspecified atom stereocenters. The lowest BCUT2D eigenvalue weighted by molar-refractivity contribution is 0.0214. The van der Waals surface area contributed by atoms with Crippen molar-refractivity contribution in [2.24, 2.45) is 5.41 Å². The summed E-state index contributed by atoms with van der Waals surface area (Å²) in [5, 5.41) is 3.39. The van der Waals surface area contributed by atoms with Crippen molar-refractivity contribution in [3.05, 3.63) is 29.6 Å². The standard InChI is InChI=1S/C16H24FNO/c1-5-16(6-2)11(10-14(16)18-3)15-12(17)8-7-9-13(15)19-4/h7-9,11,14,18H,5-6,10H2,1-4H3. The summed E-state index contributed by atoms with van der Waals surface area (Å²) in [4.78, 5) is 0. The first kappa shape index (κ1) is 14.3. The van der Waals surface area contributed by atoms with Gasteiger partial charge in [0.2, 0.25) is 0 Å². The molecule has 2 rings (SSSR count). The number of methoxy groups -OCH3 is 1. The number of benzene rings is 1. The van der Waals surface area contributed by atoms with Crippen molar-refractivity contribution >= 4 is 0 Å². The van der Waals surface area contributed by atoms with E-state index in [9.17, 15) is 4.39 Å². The van der Waals surface area contributed by atoms with Crippen molar-refractivity contribution in [1.29, 1.82) is 0 Å². The predicted octanol–water partition coefficient (Wildman–Crippen LogP) is 3.72. The van der Waals surface area contributed by atoms with Crippen LogP contribution in [0.3, 0.4) is 0 Å². The van der Waals surface area contributed by atoms with Crippen molar-refractivity contribution in [3.8, 4) is 5.75 Å². The molecule has 0 radical (unpaired) electrons. The average Bonchev–Trinajstić information content (AvgIpc) is 2.41. The van der Waals surface area contributed by atoms with Crippen molar-refractivity contribution < 1.29 is 9.13 Å². The lowest BCUT2D eigenvalue weighted by atomic mass is 9.51. The molecule has 1 N–H and O–H groups in total. The van der Waals surface area contributed by atoms with Crippen LogP contribution < -0.4 is 10.1 Å². The van der Waals surface area contributed by atoms with E-state index in [4.69, 9.17) is 4.74 Å². The summed E-state index contributed by atoms with van der Waals surface area (Å²) in [5.41, 5.74) is 0.907. The molecule has 1 fully saturated rings. The van der Waals surface area contributed by atoms with Crippen LogP contribution in [0.15, 0.2) is 18.2 Å². The largest absolute Gasteiger partial charge is 0.496 e. The summed E-state index contributed by atoms with van der Waals surface area (Å²) < 4.78 is 19.6. The first-order chi connectivity index (χ1) is 9.14. The fourth-order valence-corrected chi connectivity index (χ4v) is 3.87. The second kappa shape index (κ2) is 5.49. The first-order valence-electron chi connectivity index (χ1n) is 7.14. The number of hydrogen-bond donors (Lipinski definition) is 1. The normalized spacial score (nSPS) is 24.9. The zero-order valence-electron chi connectivity index (χ0n) is 12.3. The maximum absolute atomic E-state index is 14.3. The van der Waals surface area contributed by atoms with Crippen LogP contribution in [0.25, 0.3) is 0 Å². The van der Waals surface area contributed by atoms with Gasteiger partial charge in [0.05, 0.1) is 7.11 Å². The van der Waals surface area contributed by atoms with Crippen molar-refractivity contribution in [3.63, 3.8) is 0 Å². The Morgan fingerprint density at radius 3 is 2.58 bits per heavy atom. The first-order valence-corrected chi connectivity index (χ1v) is 7.14. The second-order valence-corrected chi connectivity index (χ2v) is 5.43. The number of hydrogen-bond acceptors (Lipinski definition) is 2. The molecule has 0 heterocycles. The summed E-state index contributed by atoms with van der Waals surface area (Å²) in [5.74, 6) is 0.798. The maximum Gasteiger partial charge on any atom is 0.130 e. The summed E-state index contributed by atoms with van der Waals surface area (Å²) in [6, 6.07) is 5.59. The highest BCUT2D eigenvalue weighted by atomic mass is 19.1. The highest BCUT2D eigenvalue weighted by Gasteiger charge is 2.53. The smallest absolute Gasteiger partial charge is 0.130 e. The molecule has 2 atom stereocenters. The highest BCUT2D eigenvalue weighted by Crippen LogP contribution is 2.59. The monoisotopic (exact) mass is 265 g/mol. The van der Waals surface area contributed by atoms with Gasteiger partial charge in [-0.25, -0.2) is 4.39 Å². The molecule has 0 aliphatic heterocycles. The topological polar surface area (TPSA) is 21.3 Å². The van der Waals surface area contributed by atoms with E-state index < -0.39 is 0 Å². The van der Waals surface area contributed by atoms with E-state index in [-0.39, 0.29) is 17.2 Å². The molecule has 0 bridgehead atoms. The molecular formula is C16H24FNO. The third kappa shape index (κ3) is 2.04. The molecule has 1 aliphatic carbocycles. The molecular weight excluding hydrogens is 241 g/mol. The maximum atomic E-state index is 14.3. The van der Waals surface area contributed by atoms with Gasteiger partial charge in [0.15, 0.2) is 0 Å². The Balaban J connectivity index is 2.43. The van der Waals surface area contributed by atoms with Gasteiger partial charge in [-0.05, 0) is 49.8 Å².